The first-order chi connectivity index (χ1) is 10.8. The highest BCUT2D eigenvalue weighted by molar-refractivity contribution is 6.32. The third kappa shape index (κ3) is 3.64. The molecule has 1 amide bonds. The Morgan fingerprint density at radius 1 is 1.39 bits per heavy atom. The van der Waals surface area contributed by atoms with Crippen molar-refractivity contribution in [3.8, 4) is 0 Å². The predicted molar refractivity (Wildman–Crippen MR) is 84.4 cm³/mol. The van der Waals surface area contributed by atoms with Gasteiger partial charge in [0.2, 0.25) is 0 Å². The van der Waals surface area contributed by atoms with Gasteiger partial charge in [0, 0.05) is 18.4 Å². The molecule has 0 N–H and O–H groups in total. The summed E-state index contributed by atoms with van der Waals surface area (Å²) in [6.45, 7) is 4.63. The topological polar surface area (TPSA) is 72.9 Å². The normalized spacial score (nSPS) is 16.9. The Balaban J connectivity index is 2.45. The number of anilines is 1. The van der Waals surface area contributed by atoms with Crippen molar-refractivity contribution in [2.75, 3.05) is 18.1 Å². The van der Waals surface area contributed by atoms with Gasteiger partial charge in [-0.15, -0.1) is 0 Å². The fourth-order valence-corrected chi connectivity index (χ4v) is 2.74. The number of halogens is 1. The molecule has 0 radical (unpaired) electrons. The molecular formula is C16H18ClNO5. The zero-order valence-electron chi connectivity index (χ0n) is 13.2. The van der Waals surface area contributed by atoms with Gasteiger partial charge in [-0.1, -0.05) is 17.7 Å². The van der Waals surface area contributed by atoms with Crippen LogP contribution in [0.2, 0.25) is 5.02 Å². The molecule has 0 spiro atoms. The second kappa shape index (κ2) is 7.00. The number of esters is 2. The fourth-order valence-electron chi connectivity index (χ4n) is 2.59. The van der Waals surface area contributed by atoms with Crippen LogP contribution in [0.4, 0.5) is 5.69 Å². The molecule has 7 heteroatoms. The van der Waals surface area contributed by atoms with Crippen molar-refractivity contribution >= 4 is 35.1 Å². The molecule has 1 atom stereocenters. The van der Waals surface area contributed by atoms with Crippen LogP contribution in [-0.2, 0) is 23.9 Å². The monoisotopic (exact) mass is 339 g/mol. The van der Waals surface area contributed by atoms with Crippen LogP contribution in [0.15, 0.2) is 12.1 Å². The minimum absolute atomic E-state index is 0.250. The predicted octanol–water partition coefficient (Wildman–Crippen LogP) is 2.17. The van der Waals surface area contributed by atoms with Crippen LogP contribution >= 0.6 is 11.6 Å². The minimum Gasteiger partial charge on any atom is -0.464 e. The van der Waals surface area contributed by atoms with E-state index in [0.29, 0.717) is 22.7 Å². The number of hydrogen-bond acceptors (Lipinski definition) is 5. The van der Waals surface area contributed by atoms with Crippen molar-refractivity contribution in [3.05, 3.63) is 28.3 Å². The zero-order valence-corrected chi connectivity index (χ0v) is 14.0. The highest BCUT2D eigenvalue weighted by Crippen LogP contribution is 2.33. The molecule has 1 saturated heterocycles. The molecule has 1 unspecified atom stereocenters. The van der Waals surface area contributed by atoms with Crippen LogP contribution in [0.5, 0.6) is 0 Å². The van der Waals surface area contributed by atoms with Crippen LogP contribution in [0.3, 0.4) is 0 Å². The van der Waals surface area contributed by atoms with Gasteiger partial charge in [0.05, 0.1) is 12.3 Å². The summed E-state index contributed by atoms with van der Waals surface area (Å²) in [7, 11) is 0. The average Bonchev–Trinajstić information content (AvgIpc) is 2.91. The SMILES string of the molecule is CC(=O)OCC(=O)N(c1c(C)ccc(Cl)c1C)C1CCOC1=O. The van der Waals surface area contributed by atoms with Gasteiger partial charge < -0.3 is 9.47 Å². The van der Waals surface area contributed by atoms with E-state index in [1.54, 1.807) is 19.1 Å². The van der Waals surface area contributed by atoms with E-state index in [0.717, 1.165) is 5.56 Å². The largest absolute Gasteiger partial charge is 0.464 e. The third-order valence-electron chi connectivity index (χ3n) is 3.69. The van der Waals surface area contributed by atoms with Gasteiger partial charge in [-0.05, 0) is 31.0 Å². The number of nitrogens with zero attached hydrogens (tertiary/aromatic N) is 1. The molecule has 0 aromatic heterocycles. The lowest BCUT2D eigenvalue weighted by Gasteiger charge is -2.29. The highest BCUT2D eigenvalue weighted by Gasteiger charge is 2.38. The average molecular weight is 340 g/mol. The maximum absolute atomic E-state index is 12.6. The van der Waals surface area contributed by atoms with E-state index in [4.69, 9.17) is 21.1 Å². The Hall–Kier alpha value is -2.08. The number of amides is 1. The van der Waals surface area contributed by atoms with Crippen LogP contribution in [0.25, 0.3) is 0 Å². The van der Waals surface area contributed by atoms with Crippen molar-refractivity contribution in [2.45, 2.75) is 33.2 Å². The van der Waals surface area contributed by atoms with E-state index in [1.165, 1.54) is 11.8 Å². The van der Waals surface area contributed by atoms with Crippen molar-refractivity contribution < 1.29 is 23.9 Å². The van der Waals surface area contributed by atoms with Gasteiger partial charge in [-0.3, -0.25) is 14.5 Å². The number of rotatable bonds is 4. The van der Waals surface area contributed by atoms with E-state index in [-0.39, 0.29) is 6.61 Å². The number of carbonyl (C=O) groups excluding carboxylic acids is 3. The van der Waals surface area contributed by atoms with Crippen molar-refractivity contribution in [1.29, 1.82) is 0 Å². The third-order valence-corrected chi connectivity index (χ3v) is 4.10. The summed E-state index contributed by atoms with van der Waals surface area (Å²) in [5, 5.41) is 0.488. The summed E-state index contributed by atoms with van der Waals surface area (Å²) in [4.78, 5) is 36.9. The quantitative estimate of drug-likeness (QED) is 0.786. The summed E-state index contributed by atoms with van der Waals surface area (Å²) in [6.07, 6.45) is 0.385. The molecule has 1 aromatic rings. The lowest BCUT2D eigenvalue weighted by atomic mass is 10.0. The fraction of sp³-hybridized carbons (Fsp3) is 0.438. The first-order valence-electron chi connectivity index (χ1n) is 7.20. The highest BCUT2D eigenvalue weighted by atomic mass is 35.5. The van der Waals surface area contributed by atoms with Crippen LogP contribution in [0.1, 0.15) is 24.5 Å². The van der Waals surface area contributed by atoms with E-state index in [2.05, 4.69) is 0 Å². The molecule has 2 rings (SSSR count). The number of carbonyl (C=O) groups is 3. The number of cyclic esters (lactones) is 1. The molecule has 0 bridgehead atoms. The molecule has 1 aromatic carbocycles. The van der Waals surface area contributed by atoms with E-state index in [9.17, 15) is 14.4 Å². The Bertz CT molecular complexity index is 658. The second-order valence-electron chi connectivity index (χ2n) is 5.35. The first-order valence-corrected chi connectivity index (χ1v) is 7.58. The van der Waals surface area contributed by atoms with E-state index in [1.807, 2.05) is 6.92 Å². The molecule has 6 nitrogen and oxygen atoms in total. The van der Waals surface area contributed by atoms with Gasteiger partial charge in [0.15, 0.2) is 6.61 Å². The molecule has 23 heavy (non-hydrogen) atoms. The second-order valence-corrected chi connectivity index (χ2v) is 5.76. The van der Waals surface area contributed by atoms with Gasteiger partial charge in [-0.2, -0.15) is 0 Å². The molecular weight excluding hydrogens is 322 g/mol. The number of benzene rings is 1. The van der Waals surface area contributed by atoms with Gasteiger partial charge in [-0.25, -0.2) is 4.79 Å². The maximum Gasteiger partial charge on any atom is 0.329 e. The molecule has 1 heterocycles. The van der Waals surface area contributed by atoms with Crippen LogP contribution in [0, 0.1) is 13.8 Å². The van der Waals surface area contributed by atoms with Gasteiger partial charge in [0.1, 0.15) is 6.04 Å². The Kier molecular flexibility index (Phi) is 5.26. The summed E-state index contributed by atoms with van der Waals surface area (Å²) < 4.78 is 9.78. The summed E-state index contributed by atoms with van der Waals surface area (Å²) >= 11 is 6.17. The van der Waals surface area contributed by atoms with Crippen LogP contribution < -0.4 is 4.90 Å². The summed E-state index contributed by atoms with van der Waals surface area (Å²) in [5.41, 5.74) is 2.03. The Morgan fingerprint density at radius 2 is 2.09 bits per heavy atom. The Morgan fingerprint density at radius 3 is 2.65 bits per heavy atom. The van der Waals surface area contributed by atoms with Crippen molar-refractivity contribution in [3.63, 3.8) is 0 Å². The lowest BCUT2D eigenvalue weighted by Crippen LogP contribution is -2.46. The van der Waals surface area contributed by atoms with Crippen molar-refractivity contribution in [2.24, 2.45) is 0 Å². The van der Waals surface area contributed by atoms with Crippen molar-refractivity contribution in [1.82, 2.24) is 0 Å². The molecule has 1 aliphatic rings. The van der Waals surface area contributed by atoms with Gasteiger partial charge in [0.25, 0.3) is 5.91 Å². The first kappa shape index (κ1) is 17.3. The summed E-state index contributed by atoms with van der Waals surface area (Å²) in [6, 6.07) is 2.77. The van der Waals surface area contributed by atoms with Crippen LogP contribution in [-0.4, -0.2) is 37.1 Å². The zero-order chi connectivity index (χ0) is 17.1. The maximum atomic E-state index is 12.6. The molecule has 124 valence electrons. The van der Waals surface area contributed by atoms with E-state index < -0.39 is 30.5 Å². The standard InChI is InChI=1S/C16H18ClNO5/c1-9-4-5-12(17)10(2)15(9)18(13-6-7-22-16(13)21)14(20)8-23-11(3)19/h4-5,13H,6-8H2,1-3H3. The number of hydrogen-bond donors (Lipinski definition) is 0. The van der Waals surface area contributed by atoms with E-state index >= 15 is 0 Å². The molecule has 0 saturated carbocycles. The minimum atomic E-state index is -0.742. The number of aryl methyl sites for hydroxylation is 1. The smallest absolute Gasteiger partial charge is 0.329 e. The van der Waals surface area contributed by atoms with Gasteiger partial charge >= 0.3 is 11.9 Å². The lowest BCUT2D eigenvalue weighted by molar-refractivity contribution is -0.146. The molecule has 0 aliphatic carbocycles. The Labute approximate surface area is 139 Å². The molecule has 1 fully saturated rings. The number of ether oxygens (including phenoxy) is 2. The summed E-state index contributed by atoms with van der Waals surface area (Å²) in [5.74, 6) is -1.52. The molecule has 1 aliphatic heterocycles.